The van der Waals surface area contributed by atoms with Crippen LogP contribution >= 0.6 is 12.2 Å². The summed E-state index contributed by atoms with van der Waals surface area (Å²) in [6.07, 6.45) is 3.99. The number of hydrogen-bond acceptors (Lipinski definition) is 3. The summed E-state index contributed by atoms with van der Waals surface area (Å²) in [6, 6.07) is 14.7. The first-order chi connectivity index (χ1) is 13.1. The predicted octanol–water partition coefficient (Wildman–Crippen LogP) is 2.65. The summed E-state index contributed by atoms with van der Waals surface area (Å²) in [7, 11) is 0. The third-order valence-corrected chi connectivity index (χ3v) is 5.14. The van der Waals surface area contributed by atoms with E-state index in [0.29, 0.717) is 11.7 Å². The summed E-state index contributed by atoms with van der Waals surface area (Å²) in [5.41, 5.74) is 3.40. The van der Waals surface area contributed by atoms with Crippen molar-refractivity contribution in [2.45, 2.75) is 32.4 Å². The Kier molecular flexibility index (Phi) is 6.73. The fraction of sp³-hybridized carbons (Fsp3) is 0.350. The number of non-ortho nitro benzene ring substituents is 1. The number of quaternary nitrogens is 1. The summed E-state index contributed by atoms with van der Waals surface area (Å²) >= 11 is 5.36. The van der Waals surface area contributed by atoms with Gasteiger partial charge in [-0.05, 0) is 49.2 Å². The Morgan fingerprint density at radius 1 is 1.04 bits per heavy atom. The summed E-state index contributed by atoms with van der Waals surface area (Å²) in [4.78, 5) is 12.0. The van der Waals surface area contributed by atoms with Gasteiger partial charge in [-0.2, -0.15) is 0 Å². The van der Waals surface area contributed by atoms with Crippen molar-refractivity contribution in [3.63, 3.8) is 0 Å². The molecule has 142 valence electrons. The maximum absolute atomic E-state index is 10.7. The number of likely N-dealkylation sites (tertiary alicyclic amines) is 1. The van der Waals surface area contributed by atoms with Crippen LogP contribution in [0.4, 0.5) is 11.4 Å². The average molecular weight is 386 g/mol. The van der Waals surface area contributed by atoms with E-state index in [9.17, 15) is 10.1 Å². The fourth-order valence-electron chi connectivity index (χ4n) is 3.42. The fourth-order valence-corrected chi connectivity index (χ4v) is 3.61. The summed E-state index contributed by atoms with van der Waals surface area (Å²) in [5.74, 6) is 0. The second kappa shape index (κ2) is 9.43. The lowest BCUT2D eigenvalue weighted by Crippen LogP contribution is -3.11. The van der Waals surface area contributed by atoms with Gasteiger partial charge in [0.1, 0.15) is 6.54 Å². The van der Waals surface area contributed by atoms with Crippen LogP contribution in [0.15, 0.2) is 48.5 Å². The number of nitro benzene ring substituents is 1. The third kappa shape index (κ3) is 5.74. The highest BCUT2D eigenvalue weighted by molar-refractivity contribution is 7.80. The molecule has 2 aromatic rings. The molecule has 0 aromatic heterocycles. The van der Waals surface area contributed by atoms with Crippen molar-refractivity contribution < 1.29 is 9.82 Å². The number of hydrogen-bond donors (Lipinski definition) is 3. The van der Waals surface area contributed by atoms with Crippen LogP contribution in [0.25, 0.3) is 0 Å². The first kappa shape index (κ1) is 19.3. The van der Waals surface area contributed by atoms with Crippen molar-refractivity contribution in [2.24, 2.45) is 0 Å². The normalized spacial score (nSPS) is 14.5. The number of thiocarbonyl (C=S) groups is 1. The second-order valence-electron chi connectivity index (χ2n) is 6.87. The summed E-state index contributed by atoms with van der Waals surface area (Å²) in [5, 5.41) is 17.5. The molecule has 0 spiro atoms. The van der Waals surface area contributed by atoms with Gasteiger partial charge in [0.15, 0.2) is 5.11 Å². The molecular formula is C20H25N4O2S+. The molecule has 1 saturated heterocycles. The van der Waals surface area contributed by atoms with Crippen LogP contribution in [-0.2, 0) is 13.1 Å². The van der Waals surface area contributed by atoms with Crippen molar-refractivity contribution in [1.29, 1.82) is 0 Å². The van der Waals surface area contributed by atoms with E-state index in [1.807, 2.05) is 0 Å². The van der Waals surface area contributed by atoms with Crippen LogP contribution in [0.3, 0.4) is 0 Å². The van der Waals surface area contributed by atoms with Gasteiger partial charge < -0.3 is 15.5 Å². The Bertz CT molecular complexity index is 789. The van der Waals surface area contributed by atoms with Crippen molar-refractivity contribution >= 4 is 28.7 Å². The Labute approximate surface area is 164 Å². The molecule has 0 radical (unpaired) electrons. The number of nitrogens with one attached hydrogen (secondary N) is 3. The molecule has 6 nitrogen and oxygen atoms in total. The van der Waals surface area contributed by atoms with E-state index in [4.69, 9.17) is 12.2 Å². The van der Waals surface area contributed by atoms with Crippen molar-refractivity contribution in [1.82, 2.24) is 5.32 Å². The molecular weight excluding hydrogens is 360 g/mol. The highest BCUT2D eigenvalue weighted by atomic mass is 32.1. The third-order valence-electron chi connectivity index (χ3n) is 4.89. The van der Waals surface area contributed by atoms with Gasteiger partial charge in [0.25, 0.3) is 5.69 Å². The molecule has 7 heteroatoms. The van der Waals surface area contributed by atoms with Crippen LogP contribution in [0, 0.1) is 10.1 Å². The highest BCUT2D eigenvalue weighted by Crippen LogP contribution is 2.15. The second-order valence-corrected chi connectivity index (χ2v) is 7.28. The number of benzene rings is 2. The largest absolute Gasteiger partial charge is 0.358 e. The Balaban J connectivity index is 1.54. The predicted molar refractivity (Wildman–Crippen MR) is 111 cm³/mol. The molecule has 0 unspecified atom stereocenters. The molecule has 0 amide bonds. The smallest absolute Gasteiger partial charge is 0.269 e. The van der Waals surface area contributed by atoms with E-state index in [-0.39, 0.29) is 5.69 Å². The van der Waals surface area contributed by atoms with E-state index >= 15 is 0 Å². The van der Waals surface area contributed by atoms with Gasteiger partial charge in [-0.3, -0.25) is 10.1 Å². The number of rotatable bonds is 6. The van der Waals surface area contributed by atoms with Crippen LogP contribution in [0.1, 0.15) is 30.4 Å². The van der Waals surface area contributed by atoms with E-state index in [0.717, 1.165) is 12.2 Å². The molecule has 3 rings (SSSR count). The minimum Gasteiger partial charge on any atom is -0.358 e. The SMILES string of the molecule is O=[N+]([O-])c1ccc(NC(=S)NCc2ccccc2C[NH+]2CCCCC2)cc1. The molecule has 0 saturated carbocycles. The Hall–Kier alpha value is -2.51. The van der Waals surface area contributed by atoms with Crippen LogP contribution in [-0.4, -0.2) is 23.1 Å². The lowest BCUT2D eigenvalue weighted by Gasteiger charge is -2.24. The van der Waals surface area contributed by atoms with Gasteiger partial charge in [-0.1, -0.05) is 24.3 Å². The lowest BCUT2D eigenvalue weighted by atomic mass is 10.0. The van der Waals surface area contributed by atoms with Crippen molar-refractivity contribution in [3.05, 3.63) is 69.8 Å². The number of nitro groups is 1. The monoisotopic (exact) mass is 385 g/mol. The molecule has 0 aliphatic carbocycles. The molecule has 1 aliphatic rings. The lowest BCUT2D eigenvalue weighted by molar-refractivity contribution is -0.918. The standard InChI is InChI=1S/C20H24N4O2S/c25-24(26)19-10-8-18(9-11-19)22-20(27)21-14-16-6-2-3-7-17(16)15-23-12-4-1-5-13-23/h2-3,6-11H,1,4-5,12-15H2,(H2,21,22,27)/p+1. The van der Waals surface area contributed by atoms with Gasteiger partial charge >= 0.3 is 0 Å². The van der Waals surface area contributed by atoms with Crippen LogP contribution < -0.4 is 15.5 Å². The van der Waals surface area contributed by atoms with Crippen LogP contribution in [0.5, 0.6) is 0 Å². The molecule has 0 atom stereocenters. The highest BCUT2D eigenvalue weighted by Gasteiger charge is 2.15. The Morgan fingerprint density at radius 3 is 2.37 bits per heavy atom. The molecule has 3 N–H and O–H groups in total. The zero-order chi connectivity index (χ0) is 19.1. The van der Waals surface area contributed by atoms with Crippen molar-refractivity contribution in [3.8, 4) is 0 Å². The topological polar surface area (TPSA) is 71.6 Å². The van der Waals surface area contributed by atoms with Gasteiger partial charge in [-0.25, -0.2) is 0 Å². The number of piperidine rings is 1. The average Bonchev–Trinajstić information content (AvgIpc) is 2.68. The zero-order valence-corrected chi connectivity index (χ0v) is 16.1. The van der Waals surface area contributed by atoms with Gasteiger partial charge in [0, 0.05) is 29.9 Å². The Morgan fingerprint density at radius 2 is 1.70 bits per heavy atom. The van der Waals surface area contributed by atoms with Crippen molar-refractivity contribution in [2.75, 3.05) is 18.4 Å². The zero-order valence-electron chi connectivity index (χ0n) is 15.2. The van der Waals surface area contributed by atoms with E-state index < -0.39 is 4.92 Å². The minimum atomic E-state index is -0.415. The summed E-state index contributed by atoms with van der Waals surface area (Å²) < 4.78 is 0. The van der Waals surface area contributed by atoms with Gasteiger partial charge in [0.05, 0.1) is 18.0 Å². The maximum Gasteiger partial charge on any atom is 0.269 e. The quantitative estimate of drug-likeness (QED) is 0.405. The van der Waals surface area contributed by atoms with Gasteiger partial charge in [0.2, 0.25) is 0 Å². The number of nitrogens with zero attached hydrogens (tertiary/aromatic N) is 1. The number of anilines is 1. The van der Waals surface area contributed by atoms with E-state index in [1.165, 1.54) is 55.6 Å². The van der Waals surface area contributed by atoms with Gasteiger partial charge in [-0.15, -0.1) is 0 Å². The molecule has 1 aliphatic heterocycles. The molecule has 0 bridgehead atoms. The molecule has 1 fully saturated rings. The van der Waals surface area contributed by atoms with E-state index in [1.54, 1.807) is 17.0 Å². The van der Waals surface area contributed by atoms with Crippen LogP contribution in [0.2, 0.25) is 0 Å². The maximum atomic E-state index is 10.7. The summed E-state index contributed by atoms with van der Waals surface area (Å²) in [6.45, 7) is 4.21. The molecule has 27 heavy (non-hydrogen) atoms. The minimum absolute atomic E-state index is 0.0635. The van der Waals surface area contributed by atoms with E-state index in [2.05, 4.69) is 34.9 Å². The first-order valence-electron chi connectivity index (χ1n) is 9.31. The molecule has 1 heterocycles. The molecule has 2 aromatic carbocycles. The first-order valence-corrected chi connectivity index (χ1v) is 9.72.